The van der Waals surface area contributed by atoms with Crippen molar-refractivity contribution in [2.75, 3.05) is 65.9 Å². The molecule has 0 aliphatic rings. The van der Waals surface area contributed by atoms with Crippen molar-refractivity contribution in [3.63, 3.8) is 0 Å². The monoisotopic (exact) mass is 675 g/mol. The first kappa shape index (κ1) is 43.9. The maximum Gasteiger partial charge on any atom is 0.326 e. The molecule has 47 heavy (non-hydrogen) atoms. The molecule has 0 spiro atoms. The van der Waals surface area contributed by atoms with Crippen molar-refractivity contribution < 1.29 is 57.9 Å². The quantitative estimate of drug-likeness (QED) is 0.0619. The summed E-state index contributed by atoms with van der Waals surface area (Å²) in [5.74, 6) is -2.98. The SMILES string of the molecule is CC(=O)COCCOCCNC(=O)COCCOCCNC(=O)CC[C@H](NC(=O)CCCCCCCCCCCCC(=O)O)C(=O)O. The van der Waals surface area contributed by atoms with E-state index in [-0.39, 0.29) is 88.8 Å². The molecule has 15 nitrogen and oxygen atoms in total. The molecule has 0 aliphatic carbocycles. The van der Waals surface area contributed by atoms with E-state index in [1.165, 1.54) is 6.92 Å². The van der Waals surface area contributed by atoms with E-state index in [9.17, 15) is 33.9 Å². The Morgan fingerprint density at radius 1 is 0.532 bits per heavy atom. The van der Waals surface area contributed by atoms with E-state index in [1.54, 1.807) is 0 Å². The molecule has 0 bridgehead atoms. The third kappa shape index (κ3) is 32.6. The molecule has 0 unspecified atom stereocenters. The van der Waals surface area contributed by atoms with Crippen molar-refractivity contribution in [3.05, 3.63) is 0 Å². The Labute approximate surface area is 278 Å². The van der Waals surface area contributed by atoms with Crippen LogP contribution >= 0.6 is 0 Å². The molecule has 15 heteroatoms. The van der Waals surface area contributed by atoms with E-state index >= 15 is 0 Å². The van der Waals surface area contributed by atoms with Gasteiger partial charge in [-0.15, -0.1) is 0 Å². The summed E-state index contributed by atoms with van der Waals surface area (Å²) < 4.78 is 20.9. The number of amides is 3. The van der Waals surface area contributed by atoms with Gasteiger partial charge in [0.2, 0.25) is 17.7 Å². The van der Waals surface area contributed by atoms with Gasteiger partial charge in [-0.3, -0.25) is 24.0 Å². The number of carboxylic acids is 2. The molecule has 0 fully saturated rings. The van der Waals surface area contributed by atoms with Gasteiger partial charge in [-0.1, -0.05) is 51.4 Å². The van der Waals surface area contributed by atoms with Gasteiger partial charge >= 0.3 is 11.9 Å². The zero-order valence-corrected chi connectivity index (χ0v) is 28.0. The Balaban J connectivity index is 3.70. The van der Waals surface area contributed by atoms with Crippen molar-refractivity contribution in [2.24, 2.45) is 0 Å². The third-order valence-electron chi connectivity index (χ3n) is 6.76. The Morgan fingerprint density at radius 3 is 1.51 bits per heavy atom. The normalized spacial score (nSPS) is 11.5. The van der Waals surface area contributed by atoms with Gasteiger partial charge in [-0.2, -0.15) is 0 Å². The molecule has 0 rings (SSSR count). The summed E-state index contributed by atoms with van der Waals surface area (Å²) in [5.41, 5.74) is 0. The van der Waals surface area contributed by atoms with Crippen LogP contribution < -0.4 is 16.0 Å². The summed E-state index contributed by atoms with van der Waals surface area (Å²) in [7, 11) is 0. The number of rotatable bonds is 34. The largest absolute Gasteiger partial charge is 0.481 e. The molecule has 0 saturated heterocycles. The minimum absolute atomic E-state index is 0.0262. The highest BCUT2D eigenvalue weighted by Crippen LogP contribution is 2.12. The van der Waals surface area contributed by atoms with Crippen LogP contribution in [0.4, 0.5) is 0 Å². The molecule has 0 aromatic carbocycles. The molecular weight excluding hydrogens is 618 g/mol. The Bertz CT molecular complexity index is 887. The molecule has 1 atom stereocenters. The van der Waals surface area contributed by atoms with Gasteiger partial charge in [-0.05, 0) is 26.2 Å². The number of nitrogens with one attached hydrogen (secondary N) is 3. The fraction of sp³-hybridized carbons (Fsp3) is 0.812. The molecule has 5 N–H and O–H groups in total. The van der Waals surface area contributed by atoms with Crippen LogP contribution in [0, 0.1) is 0 Å². The predicted octanol–water partition coefficient (Wildman–Crippen LogP) is 1.99. The van der Waals surface area contributed by atoms with Crippen molar-refractivity contribution in [2.45, 2.75) is 103 Å². The highest BCUT2D eigenvalue weighted by Gasteiger charge is 2.20. The van der Waals surface area contributed by atoms with Crippen LogP contribution in [0.3, 0.4) is 0 Å². The summed E-state index contributed by atoms with van der Waals surface area (Å²) >= 11 is 0. The van der Waals surface area contributed by atoms with E-state index < -0.39 is 18.0 Å². The van der Waals surface area contributed by atoms with E-state index in [0.29, 0.717) is 32.8 Å². The second-order valence-corrected chi connectivity index (χ2v) is 11.2. The number of carbonyl (C=O) groups excluding carboxylic acids is 4. The number of aliphatic carboxylic acids is 2. The van der Waals surface area contributed by atoms with Crippen molar-refractivity contribution in [1.29, 1.82) is 0 Å². The first-order valence-electron chi connectivity index (χ1n) is 16.7. The van der Waals surface area contributed by atoms with Gasteiger partial charge in [-0.25, -0.2) is 4.79 Å². The average Bonchev–Trinajstić information content (AvgIpc) is 3.01. The fourth-order valence-electron chi connectivity index (χ4n) is 4.26. The number of ether oxygens (including phenoxy) is 4. The minimum atomic E-state index is -1.19. The molecule has 0 heterocycles. The number of carbonyl (C=O) groups is 6. The van der Waals surface area contributed by atoms with Crippen LogP contribution in [-0.4, -0.2) is 118 Å². The smallest absolute Gasteiger partial charge is 0.326 e. The molecule has 272 valence electrons. The lowest BCUT2D eigenvalue weighted by molar-refractivity contribution is -0.142. The number of Topliss-reactive ketones (excluding diaryl/α,β-unsaturated/α-hetero) is 1. The summed E-state index contributed by atoms with van der Waals surface area (Å²) in [6.07, 6.45) is 10.1. The Hall–Kier alpha value is -3.14. The lowest BCUT2D eigenvalue weighted by atomic mass is 10.0. The predicted molar refractivity (Wildman–Crippen MR) is 172 cm³/mol. The number of hydrogen-bond donors (Lipinski definition) is 5. The molecular formula is C32H57N3O12. The summed E-state index contributed by atoms with van der Waals surface area (Å²) in [5, 5.41) is 25.8. The number of unbranched alkanes of at least 4 members (excludes halogenated alkanes) is 9. The number of ketones is 1. The fourth-order valence-corrected chi connectivity index (χ4v) is 4.26. The summed E-state index contributed by atoms with van der Waals surface area (Å²) in [6, 6.07) is -1.14. The summed E-state index contributed by atoms with van der Waals surface area (Å²) in [4.78, 5) is 68.7. The van der Waals surface area contributed by atoms with Crippen molar-refractivity contribution in [1.82, 2.24) is 16.0 Å². The maximum absolute atomic E-state index is 12.2. The lowest BCUT2D eigenvalue weighted by Crippen LogP contribution is -2.41. The minimum Gasteiger partial charge on any atom is -0.481 e. The maximum atomic E-state index is 12.2. The van der Waals surface area contributed by atoms with Gasteiger partial charge in [0.05, 0.1) is 39.6 Å². The zero-order chi connectivity index (χ0) is 35.0. The standard InChI is InChI=1S/C32H57N3O12/c1-26(36)24-46-22-20-45-19-17-34-30(39)25-47-23-21-44-18-16-33-28(37)15-14-27(32(42)43)35-29(38)12-10-8-6-4-2-3-5-7-9-11-13-31(40)41/h27H,2-25H2,1H3,(H,33,37)(H,34,39)(H,35,38)(H,40,41)(H,42,43)/t27-/m0/s1. The average molecular weight is 676 g/mol. The first-order valence-corrected chi connectivity index (χ1v) is 16.7. The Kier molecular flexibility index (Phi) is 29.4. The number of hydrogen-bond acceptors (Lipinski definition) is 10. The molecule has 0 radical (unpaired) electrons. The molecule has 0 saturated carbocycles. The Morgan fingerprint density at radius 2 is 1.00 bits per heavy atom. The van der Waals surface area contributed by atoms with Gasteiger partial charge in [0.15, 0.2) is 5.78 Å². The third-order valence-corrected chi connectivity index (χ3v) is 6.76. The van der Waals surface area contributed by atoms with Gasteiger partial charge < -0.3 is 45.1 Å². The molecule has 0 aromatic rings. The number of carboxylic acid groups (broad SMARTS) is 2. The van der Waals surface area contributed by atoms with Crippen molar-refractivity contribution in [3.8, 4) is 0 Å². The lowest BCUT2D eigenvalue weighted by Gasteiger charge is -2.14. The summed E-state index contributed by atoms with van der Waals surface area (Å²) in [6.45, 7) is 3.43. The van der Waals surface area contributed by atoms with E-state index in [1.807, 2.05) is 0 Å². The van der Waals surface area contributed by atoms with Crippen LogP contribution in [0.5, 0.6) is 0 Å². The molecule has 0 aromatic heterocycles. The zero-order valence-electron chi connectivity index (χ0n) is 28.0. The first-order chi connectivity index (χ1) is 22.6. The van der Waals surface area contributed by atoms with Crippen LogP contribution in [0.1, 0.15) is 96.8 Å². The van der Waals surface area contributed by atoms with E-state index in [2.05, 4.69) is 16.0 Å². The van der Waals surface area contributed by atoms with E-state index in [0.717, 1.165) is 57.8 Å². The second-order valence-electron chi connectivity index (χ2n) is 11.2. The highest BCUT2D eigenvalue weighted by molar-refractivity contribution is 5.84. The van der Waals surface area contributed by atoms with Gasteiger partial charge in [0.25, 0.3) is 0 Å². The second kappa shape index (κ2) is 31.5. The highest BCUT2D eigenvalue weighted by atomic mass is 16.5. The topological polar surface area (TPSA) is 216 Å². The van der Waals surface area contributed by atoms with Crippen LogP contribution in [0.15, 0.2) is 0 Å². The van der Waals surface area contributed by atoms with E-state index in [4.69, 9.17) is 24.1 Å². The van der Waals surface area contributed by atoms with Crippen LogP contribution in [0.2, 0.25) is 0 Å². The molecule has 3 amide bonds. The van der Waals surface area contributed by atoms with Crippen LogP contribution in [0.25, 0.3) is 0 Å². The van der Waals surface area contributed by atoms with Gasteiger partial charge in [0, 0.05) is 32.4 Å². The molecule has 0 aliphatic heterocycles. The van der Waals surface area contributed by atoms with Crippen molar-refractivity contribution >= 4 is 35.4 Å². The van der Waals surface area contributed by atoms with Gasteiger partial charge in [0.1, 0.15) is 19.3 Å². The van der Waals surface area contributed by atoms with Crippen LogP contribution in [-0.2, 0) is 47.7 Å².